The Bertz CT molecular complexity index is 1390. The van der Waals surface area contributed by atoms with Crippen molar-refractivity contribution in [2.45, 2.75) is 73.1 Å². The fraction of sp³-hybridized carbons (Fsp3) is 0.441. The number of allylic oxidation sites excluding steroid dienone is 4. The van der Waals surface area contributed by atoms with Crippen LogP contribution in [-0.4, -0.2) is 35.5 Å². The van der Waals surface area contributed by atoms with Crippen LogP contribution in [0.1, 0.15) is 77.3 Å². The molecule has 2 aromatic carbocycles. The van der Waals surface area contributed by atoms with E-state index < -0.39 is 5.92 Å². The number of ether oxygens (including phenoxy) is 1. The molecule has 0 spiro atoms. The van der Waals surface area contributed by atoms with Gasteiger partial charge in [0.2, 0.25) is 0 Å². The molecule has 0 saturated heterocycles. The van der Waals surface area contributed by atoms with Gasteiger partial charge in [-0.15, -0.1) is 0 Å². The molecule has 0 unspecified atom stereocenters. The number of amides is 1. The number of hydrogen-bond donors (Lipinski definition) is 1. The van der Waals surface area contributed by atoms with E-state index in [-0.39, 0.29) is 34.9 Å². The van der Waals surface area contributed by atoms with Crippen LogP contribution < -0.4 is 10.1 Å². The van der Waals surface area contributed by atoms with Gasteiger partial charge in [0, 0.05) is 59.1 Å². The number of nitrogens with one attached hydrogen (secondary N) is 1. The Labute approximate surface area is 237 Å². The van der Waals surface area contributed by atoms with Crippen molar-refractivity contribution in [2.75, 3.05) is 18.5 Å². The first-order chi connectivity index (χ1) is 18.9. The van der Waals surface area contributed by atoms with Crippen molar-refractivity contribution >= 4 is 23.2 Å². The minimum atomic E-state index is -0.504. The minimum absolute atomic E-state index is 0.0888. The zero-order valence-corrected chi connectivity index (χ0v) is 24.5. The van der Waals surface area contributed by atoms with Crippen LogP contribution in [-0.2, 0) is 14.4 Å². The van der Waals surface area contributed by atoms with Crippen molar-refractivity contribution in [1.82, 2.24) is 4.90 Å². The van der Waals surface area contributed by atoms with Crippen LogP contribution >= 0.6 is 0 Å². The number of anilines is 1. The molecule has 3 aliphatic rings. The fourth-order valence-corrected chi connectivity index (χ4v) is 6.65. The van der Waals surface area contributed by atoms with E-state index in [2.05, 4.69) is 44.8 Å². The Morgan fingerprint density at radius 2 is 1.50 bits per heavy atom. The molecule has 0 saturated carbocycles. The molecule has 5 rings (SSSR count). The van der Waals surface area contributed by atoms with Crippen LogP contribution in [0.3, 0.4) is 0 Å². The summed E-state index contributed by atoms with van der Waals surface area (Å²) < 4.78 is 6.13. The molecule has 6 heteroatoms. The monoisotopic (exact) mass is 540 g/mol. The van der Waals surface area contributed by atoms with Gasteiger partial charge in [-0.3, -0.25) is 14.4 Å². The van der Waals surface area contributed by atoms with Gasteiger partial charge in [0.05, 0.1) is 0 Å². The van der Waals surface area contributed by atoms with Crippen LogP contribution in [0.2, 0.25) is 0 Å². The van der Waals surface area contributed by atoms with Gasteiger partial charge in [0.25, 0.3) is 5.91 Å². The molecule has 0 radical (unpaired) electrons. The third kappa shape index (κ3) is 5.36. The highest BCUT2D eigenvalue weighted by atomic mass is 16.5. The zero-order chi connectivity index (χ0) is 28.8. The smallest absolute Gasteiger partial charge is 0.262 e. The molecule has 1 heterocycles. The van der Waals surface area contributed by atoms with E-state index in [1.54, 1.807) is 0 Å². The number of ketones is 2. The Morgan fingerprint density at radius 3 is 2.08 bits per heavy atom. The van der Waals surface area contributed by atoms with Crippen LogP contribution in [0.25, 0.3) is 0 Å². The Balaban J connectivity index is 1.56. The highest BCUT2D eigenvalue weighted by molar-refractivity contribution is 6.07. The molecule has 40 heavy (non-hydrogen) atoms. The molecule has 6 nitrogen and oxygen atoms in total. The van der Waals surface area contributed by atoms with E-state index in [1.165, 1.54) is 0 Å². The van der Waals surface area contributed by atoms with Crippen molar-refractivity contribution in [1.29, 1.82) is 0 Å². The van der Waals surface area contributed by atoms with Gasteiger partial charge < -0.3 is 15.0 Å². The van der Waals surface area contributed by atoms with Crippen LogP contribution in [0.4, 0.5) is 5.69 Å². The number of para-hydroxylation sites is 1. The summed E-state index contributed by atoms with van der Waals surface area (Å²) in [6.45, 7) is 13.1. The number of carbonyl (C=O) groups excluding carboxylic acids is 3. The normalized spacial score (nSPS) is 20.3. The molecule has 1 aliphatic heterocycles. The standard InChI is InChI=1S/C34H40N2O4/c1-7-36-24-16-33(3,4)18-26(37)31(24)30(32-25(36)17-34(5,6)19-27(32)38)23-13-8-9-14-28(23)40-20-29(39)35-22-12-10-11-21(2)15-22/h8-15,30H,7,16-20H2,1-6H3,(H,35,39). The molecule has 2 aliphatic carbocycles. The fourth-order valence-electron chi connectivity index (χ4n) is 6.65. The van der Waals surface area contributed by atoms with Crippen molar-refractivity contribution in [2.24, 2.45) is 10.8 Å². The molecule has 0 bridgehead atoms. The van der Waals surface area contributed by atoms with Gasteiger partial charge in [-0.1, -0.05) is 58.0 Å². The Kier molecular flexibility index (Phi) is 7.24. The minimum Gasteiger partial charge on any atom is -0.483 e. The van der Waals surface area contributed by atoms with Crippen LogP contribution in [0, 0.1) is 17.8 Å². The van der Waals surface area contributed by atoms with Crippen molar-refractivity contribution in [3.63, 3.8) is 0 Å². The number of benzene rings is 2. The molecular formula is C34H40N2O4. The number of nitrogens with zero attached hydrogens (tertiary/aromatic N) is 1. The second kappa shape index (κ2) is 10.4. The van der Waals surface area contributed by atoms with E-state index in [1.807, 2.05) is 55.5 Å². The van der Waals surface area contributed by atoms with Gasteiger partial charge in [0.1, 0.15) is 5.75 Å². The third-order valence-electron chi connectivity index (χ3n) is 8.23. The highest BCUT2D eigenvalue weighted by Crippen LogP contribution is 2.55. The topological polar surface area (TPSA) is 75.7 Å². The second-order valence-electron chi connectivity index (χ2n) is 13.0. The first-order valence-electron chi connectivity index (χ1n) is 14.3. The van der Waals surface area contributed by atoms with E-state index in [0.717, 1.165) is 35.4 Å². The lowest BCUT2D eigenvalue weighted by atomic mass is 9.63. The van der Waals surface area contributed by atoms with Gasteiger partial charge in [-0.25, -0.2) is 0 Å². The molecule has 210 valence electrons. The molecular weight excluding hydrogens is 500 g/mol. The summed E-state index contributed by atoms with van der Waals surface area (Å²) in [5.41, 5.74) is 5.70. The first kappa shape index (κ1) is 27.9. The first-order valence-corrected chi connectivity index (χ1v) is 14.3. The second-order valence-corrected chi connectivity index (χ2v) is 13.0. The van der Waals surface area contributed by atoms with Crippen LogP contribution in [0.15, 0.2) is 71.1 Å². The molecule has 2 aromatic rings. The SMILES string of the molecule is CCN1C2=C(C(=O)CC(C)(C)C2)C(c2ccccc2OCC(=O)Nc2cccc(C)c2)C2=C1CC(C)(C)CC2=O. The summed E-state index contributed by atoms with van der Waals surface area (Å²) in [5.74, 6) is -0.0782. The predicted molar refractivity (Wildman–Crippen MR) is 157 cm³/mol. The average molecular weight is 541 g/mol. The van der Waals surface area contributed by atoms with E-state index in [0.29, 0.717) is 42.0 Å². The largest absolute Gasteiger partial charge is 0.483 e. The predicted octanol–water partition coefficient (Wildman–Crippen LogP) is 6.72. The summed E-state index contributed by atoms with van der Waals surface area (Å²) in [6, 6.07) is 15.2. The van der Waals surface area contributed by atoms with E-state index in [4.69, 9.17) is 4.74 Å². The molecule has 0 atom stereocenters. The summed E-state index contributed by atoms with van der Waals surface area (Å²) in [4.78, 5) is 42.8. The van der Waals surface area contributed by atoms with Crippen molar-refractivity contribution < 1.29 is 19.1 Å². The van der Waals surface area contributed by atoms with Gasteiger partial charge in [0.15, 0.2) is 18.2 Å². The molecule has 1 N–H and O–H groups in total. The van der Waals surface area contributed by atoms with E-state index in [9.17, 15) is 14.4 Å². The number of aryl methyl sites for hydroxylation is 1. The number of Topliss-reactive ketones (excluding diaryl/α,β-unsaturated/α-hetero) is 2. The third-order valence-corrected chi connectivity index (χ3v) is 8.23. The number of rotatable bonds is 6. The van der Waals surface area contributed by atoms with Gasteiger partial charge >= 0.3 is 0 Å². The molecule has 0 aromatic heterocycles. The summed E-state index contributed by atoms with van der Waals surface area (Å²) >= 11 is 0. The van der Waals surface area contributed by atoms with Crippen LogP contribution in [0.5, 0.6) is 5.75 Å². The average Bonchev–Trinajstić information content (AvgIpc) is 2.85. The zero-order valence-electron chi connectivity index (χ0n) is 24.5. The van der Waals surface area contributed by atoms with Gasteiger partial charge in [-0.05, 0) is 61.3 Å². The summed E-state index contributed by atoms with van der Waals surface area (Å²) in [6.07, 6.45) is 2.41. The van der Waals surface area contributed by atoms with E-state index >= 15 is 0 Å². The lowest BCUT2D eigenvalue weighted by Gasteiger charge is -2.49. The quantitative estimate of drug-likeness (QED) is 0.440. The highest BCUT2D eigenvalue weighted by Gasteiger charge is 2.49. The Morgan fingerprint density at radius 1 is 0.900 bits per heavy atom. The summed E-state index contributed by atoms with van der Waals surface area (Å²) in [7, 11) is 0. The lowest BCUT2D eigenvalue weighted by Crippen LogP contribution is -2.44. The van der Waals surface area contributed by atoms with Gasteiger partial charge in [-0.2, -0.15) is 0 Å². The summed E-state index contributed by atoms with van der Waals surface area (Å²) in [5, 5.41) is 2.89. The maximum atomic E-state index is 13.9. The molecule has 1 amide bonds. The number of carbonyl (C=O) groups is 3. The molecule has 0 fully saturated rings. The number of hydrogen-bond acceptors (Lipinski definition) is 5. The van der Waals surface area contributed by atoms with Crippen molar-refractivity contribution in [3.8, 4) is 5.75 Å². The maximum absolute atomic E-state index is 13.9. The Hall–Kier alpha value is -3.67. The maximum Gasteiger partial charge on any atom is 0.262 e. The lowest BCUT2D eigenvalue weighted by molar-refractivity contribution is -0.120. The van der Waals surface area contributed by atoms with Crippen molar-refractivity contribution in [3.05, 3.63) is 82.2 Å².